The number of aliphatic hydroxyl groups is 1. The van der Waals surface area contributed by atoms with E-state index < -0.39 is 6.41 Å². The van der Waals surface area contributed by atoms with Crippen LogP contribution in [0.3, 0.4) is 0 Å². The Morgan fingerprint density at radius 3 is 2.60 bits per heavy atom. The predicted molar refractivity (Wildman–Crippen MR) is 56.0 cm³/mol. The summed E-state index contributed by atoms with van der Waals surface area (Å²) in [6.45, 7) is 8.58. The van der Waals surface area contributed by atoms with E-state index in [1.54, 1.807) is 0 Å². The normalized spacial score (nSPS) is 28.1. The number of aliphatic hydroxyl groups excluding tert-OH is 1. The molecule has 1 heterocycles. The van der Waals surface area contributed by atoms with E-state index >= 15 is 0 Å². The predicted octanol–water partition coefficient (Wildman–Crippen LogP) is -0.102. The van der Waals surface area contributed by atoms with E-state index in [0.717, 1.165) is 0 Å². The first-order valence-corrected chi connectivity index (χ1v) is 5.15. The van der Waals surface area contributed by atoms with Crippen LogP contribution in [0.2, 0.25) is 0 Å². The minimum absolute atomic E-state index is 0.0812. The molecule has 5 heteroatoms. The van der Waals surface area contributed by atoms with E-state index in [-0.39, 0.29) is 17.6 Å². The molecule has 15 heavy (non-hydrogen) atoms. The van der Waals surface area contributed by atoms with Crippen LogP contribution in [-0.4, -0.2) is 47.1 Å². The molecule has 1 fully saturated rings. The van der Waals surface area contributed by atoms with Crippen LogP contribution < -0.4 is 5.32 Å². The first kappa shape index (κ1) is 12.4. The van der Waals surface area contributed by atoms with Gasteiger partial charge in [-0.15, -0.1) is 0 Å². The lowest BCUT2D eigenvalue weighted by molar-refractivity contribution is -0.169. The minimum atomic E-state index is -0.872. The largest absolute Gasteiger partial charge is 0.356 e. The molecule has 0 aliphatic carbocycles. The van der Waals surface area contributed by atoms with Gasteiger partial charge in [-0.25, -0.2) is 4.90 Å². The topological polar surface area (TPSA) is 61.8 Å². The highest BCUT2D eigenvalue weighted by molar-refractivity contribution is 5.72. The number of rotatable bonds is 2. The van der Waals surface area contributed by atoms with Crippen molar-refractivity contribution >= 4 is 5.91 Å². The number of hydrogen-bond acceptors (Lipinski definition) is 4. The van der Waals surface area contributed by atoms with Crippen LogP contribution in [0.1, 0.15) is 27.7 Å². The fraction of sp³-hybridized carbons (Fsp3) is 0.900. The summed E-state index contributed by atoms with van der Waals surface area (Å²) < 4.78 is 5.32. The molecule has 0 aromatic rings. The first-order valence-electron chi connectivity index (χ1n) is 5.15. The van der Waals surface area contributed by atoms with Crippen molar-refractivity contribution in [2.24, 2.45) is 0 Å². The van der Waals surface area contributed by atoms with Gasteiger partial charge in [-0.3, -0.25) is 4.79 Å². The van der Waals surface area contributed by atoms with Gasteiger partial charge in [0, 0.05) is 25.6 Å². The van der Waals surface area contributed by atoms with E-state index in [2.05, 4.69) is 5.32 Å². The van der Waals surface area contributed by atoms with Crippen molar-refractivity contribution in [3.63, 3.8) is 0 Å². The standard InChI is InChI=1S/C10H20N2O3/c1-7(13)11-5-8-6-12(9(14)15-8)10(2,3)4/h8-9,14H,5-6H2,1-4H3,(H,11,13). The smallest absolute Gasteiger partial charge is 0.216 e. The van der Waals surface area contributed by atoms with Crippen molar-refractivity contribution in [2.75, 3.05) is 13.1 Å². The molecule has 1 aliphatic heterocycles. The number of hydrogen-bond donors (Lipinski definition) is 2. The highest BCUT2D eigenvalue weighted by Crippen LogP contribution is 2.23. The summed E-state index contributed by atoms with van der Waals surface area (Å²) in [5.74, 6) is -0.0812. The molecular formula is C10H20N2O3. The SMILES string of the molecule is CC(=O)NCC1CN(C(C)(C)C)C(O)O1. The van der Waals surface area contributed by atoms with Gasteiger partial charge >= 0.3 is 0 Å². The Bertz CT molecular complexity index is 237. The second-order valence-corrected chi connectivity index (χ2v) is 4.84. The third-order valence-corrected chi connectivity index (χ3v) is 2.42. The van der Waals surface area contributed by atoms with Crippen molar-refractivity contribution in [3.8, 4) is 0 Å². The maximum absolute atomic E-state index is 10.7. The molecule has 0 aromatic heterocycles. The van der Waals surface area contributed by atoms with Crippen molar-refractivity contribution in [2.45, 2.75) is 45.8 Å². The number of nitrogens with zero attached hydrogens (tertiary/aromatic N) is 1. The maximum atomic E-state index is 10.7. The molecule has 0 saturated carbocycles. The molecule has 88 valence electrons. The van der Waals surface area contributed by atoms with E-state index in [4.69, 9.17) is 4.74 Å². The molecule has 0 bridgehead atoms. The van der Waals surface area contributed by atoms with Crippen molar-refractivity contribution in [1.29, 1.82) is 0 Å². The maximum Gasteiger partial charge on any atom is 0.216 e. The Kier molecular flexibility index (Phi) is 3.70. The molecule has 2 atom stereocenters. The molecule has 1 saturated heterocycles. The first-order chi connectivity index (χ1) is 6.80. The lowest BCUT2D eigenvalue weighted by atomic mass is 10.1. The minimum Gasteiger partial charge on any atom is -0.356 e. The van der Waals surface area contributed by atoms with Crippen LogP contribution >= 0.6 is 0 Å². The molecule has 5 nitrogen and oxygen atoms in total. The molecule has 0 aromatic carbocycles. The molecule has 0 radical (unpaired) electrons. The lowest BCUT2D eigenvalue weighted by Crippen LogP contribution is -2.45. The molecule has 2 unspecified atom stereocenters. The van der Waals surface area contributed by atoms with Crippen LogP contribution in [0.15, 0.2) is 0 Å². The van der Waals surface area contributed by atoms with Gasteiger partial charge in [0.15, 0.2) is 0 Å². The third-order valence-electron chi connectivity index (χ3n) is 2.42. The Labute approximate surface area is 90.4 Å². The Morgan fingerprint density at radius 2 is 2.20 bits per heavy atom. The van der Waals surface area contributed by atoms with Gasteiger partial charge in [0.2, 0.25) is 12.3 Å². The van der Waals surface area contributed by atoms with Crippen LogP contribution in [0.25, 0.3) is 0 Å². The van der Waals surface area contributed by atoms with Crippen molar-refractivity contribution in [1.82, 2.24) is 10.2 Å². The average molecular weight is 216 g/mol. The fourth-order valence-corrected chi connectivity index (χ4v) is 1.57. The third kappa shape index (κ3) is 3.44. The van der Waals surface area contributed by atoms with Gasteiger partial charge in [-0.05, 0) is 20.8 Å². The Balaban J connectivity index is 2.45. The monoisotopic (exact) mass is 216 g/mol. The van der Waals surface area contributed by atoms with Crippen LogP contribution in [0.5, 0.6) is 0 Å². The second-order valence-electron chi connectivity index (χ2n) is 4.84. The molecule has 0 spiro atoms. The number of ether oxygens (including phenoxy) is 1. The number of nitrogens with one attached hydrogen (secondary N) is 1. The Morgan fingerprint density at radius 1 is 1.60 bits per heavy atom. The fourth-order valence-electron chi connectivity index (χ4n) is 1.57. The molecule has 2 N–H and O–H groups in total. The van der Waals surface area contributed by atoms with Gasteiger partial charge in [0.05, 0.1) is 6.10 Å². The van der Waals surface area contributed by atoms with Crippen LogP contribution in [-0.2, 0) is 9.53 Å². The molecule has 1 amide bonds. The molecule has 1 aliphatic rings. The lowest BCUT2D eigenvalue weighted by Gasteiger charge is -2.32. The van der Waals surface area contributed by atoms with E-state index in [0.29, 0.717) is 13.1 Å². The van der Waals surface area contributed by atoms with Gasteiger partial charge in [0.1, 0.15) is 0 Å². The summed E-state index contributed by atoms with van der Waals surface area (Å²) in [5.41, 5.74) is -0.135. The zero-order valence-electron chi connectivity index (χ0n) is 9.78. The average Bonchev–Trinajstić information content (AvgIpc) is 2.42. The highest BCUT2D eigenvalue weighted by atomic mass is 16.6. The van der Waals surface area contributed by atoms with Gasteiger partial charge in [0.25, 0.3) is 0 Å². The summed E-state index contributed by atoms with van der Waals surface area (Å²) in [6.07, 6.45) is -1.01. The van der Waals surface area contributed by atoms with Gasteiger partial charge < -0.3 is 15.2 Å². The molecule has 1 rings (SSSR count). The Hall–Kier alpha value is -0.650. The van der Waals surface area contributed by atoms with Gasteiger partial charge in [-0.2, -0.15) is 0 Å². The summed E-state index contributed by atoms with van der Waals surface area (Å²) in [7, 11) is 0. The number of carbonyl (C=O) groups is 1. The van der Waals surface area contributed by atoms with Crippen LogP contribution in [0, 0.1) is 0 Å². The van der Waals surface area contributed by atoms with Crippen LogP contribution in [0.4, 0.5) is 0 Å². The quantitative estimate of drug-likeness (QED) is 0.676. The molecular weight excluding hydrogens is 196 g/mol. The van der Waals surface area contributed by atoms with Gasteiger partial charge in [-0.1, -0.05) is 0 Å². The number of amides is 1. The van der Waals surface area contributed by atoms with E-state index in [1.165, 1.54) is 6.92 Å². The highest BCUT2D eigenvalue weighted by Gasteiger charge is 2.37. The zero-order valence-corrected chi connectivity index (χ0v) is 9.78. The summed E-state index contributed by atoms with van der Waals surface area (Å²) in [4.78, 5) is 12.6. The van der Waals surface area contributed by atoms with Crippen molar-refractivity contribution < 1.29 is 14.6 Å². The summed E-state index contributed by atoms with van der Waals surface area (Å²) >= 11 is 0. The van der Waals surface area contributed by atoms with E-state index in [9.17, 15) is 9.90 Å². The zero-order chi connectivity index (χ0) is 11.6. The second kappa shape index (κ2) is 4.47. The summed E-state index contributed by atoms with van der Waals surface area (Å²) in [6, 6.07) is 0. The van der Waals surface area contributed by atoms with E-state index in [1.807, 2.05) is 25.7 Å². The number of carbonyl (C=O) groups excluding carboxylic acids is 1. The van der Waals surface area contributed by atoms with Crippen molar-refractivity contribution in [3.05, 3.63) is 0 Å². The summed E-state index contributed by atoms with van der Waals surface area (Å²) in [5, 5.41) is 12.3.